The van der Waals surface area contributed by atoms with Gasteiger partial charge in [-0.25, -0.2) is 4.79 Å². The highest BCUT2D eigenvalue weighted by Gasteiger charge is 2.20. The van der Waals surface area contributed by atoms with E-state index in [-0.39, 0.29) is 11.7 Å². The van der Waals surface area contributed by atoms with E-state index in [1.54, 1.807) is 32.0 Å². The Bertz CT molecular complexity index is 426. The number of benzene rings is 1. The molecule has 0 aromatic heterocycles. The van der Waals surface area contributed by atoms with E-state index < -0.39 is 12.1 Å². The van der Waals surface area contributed by atoms with E-state index in [1.165, 1.54) is 0 Å². The summed E-state index contributed by atoms with van der Waals surface area (Å²) in [5.41, 5.74) is 0.641. The Kier molecular flexibility index (Phi) is 4.90. The predicted molar refractivity (Wildman–Crippen MR) is 69.5 cm³/mol. The Balaban J connectivity index is 2.79. The molecule has 0 bridgehead atoms. The molecule has 0 spiro atoms. The Morgan fingerprint density at radius 3 is 2.65 bits per heavy atom. The average Bonchev–Trinajstić information content (AvgIpc) is 2.26. The highest BCUT2D eigenvalue weighted by molar-refractivity contribution is 9.10. The molecule has 0 saturated carbocycles. The van der Waals surface area contributed by atoms with Crippen molar-refractivity contribution in [3.05, 3.63) is 46.5 Å². The van der Waals surface area contributed by atoms with Crippen molar-refractivity contribution in [2.45, 2.75) is 26.1 Å². The van der Waals surface area contributed by atoms with Crippen LogP contribution >= 0.6 is 15.9 Å². The van der Waals surface area contributed by atoms with Crippen molar-refractivity contribution in [2.24, 2.45) is 0 Å². The zero-order chi connectivity index (χ0) is 13.0. The van der Waals surface area contributed by atoms with Gasteiger partial charge in [-0.2, -0.15) is 0 Å². The first-order valence-electron chi connectivity index (χ1n) is 5.25. The number of esters is 1. The zero-order valence-electron chi connectivity index (χ0n) is 9.81. The lowest BCUT2D eigenvalue weighted by atomic mass is 10.0. The van der Waals surface area contributed by atoms with Crippen LogP contribution in [0.4, 0.5) is 0 Å². The van der Waals surface area contributed by atoms with Crippen LogP contribution in [0.15, 0.2) is 40.9 Å². The molecule has 4 heteroatoms. The van der Waals surface area contributed by atoms with E-state index in [1.807, 2.05) is 6.07 Å². The lowest BCUT2D eigenvalue weighted by Crippen LogP contribution is -2.17. The summed E-state index contributed by atoms with van der Waals surface area (Å²) >= 11 is 3.30. The molecule has 0 aliphatic rings. The molecule has 17 heavy (non-hydrogen) atoms. The molecule has 0 saturated heterocycles. The second-order valence-corrected chi connectivity index (χ2v) is 4.85. The van der Waals surface area contributed by atoms with Gasteiger partial charge in [0.15, 0.2) is 0 Å². The molecule has 1 rings (SSSR count). The maximum atomic E-state index is 11.6. The number of aliphatic hydroxyl groups is 1. The summed E-state index contributed by atoms with van der Waals surface area (Å²) in [4.78, 5) is 11.6. The van der Waals surface area contributed by atoms with Gasteiger partial charge in [0, 0.05) is 4.47 Å². The number of hydrogen-bond donors (Lipinski definition) is 1. The summed E-state index contributed by atoms with van der Waals surface area (Å²) in [6.45, 7) is 7.07. The molecule has 3 nitrogen and oxygen atoms in total. The van der Waals surface area contributed by atoms with Crippen LogP contribution in [0.2, 0.25) is 0 Å². The average molecular weight is 299 g/mol. The van der Waals surface area contributed by atoms with E-state index >= 15 is 0 Å². The van der Waals surface area contributed by atoms with Gasteiger partial charge in [-0.15, -0.1) is 0 Å². The SMILES string of the molecule is C=C(C(=O)OC(C)C)C(O)c1cccc(Br)c1. The van der Waals surface area contributed by atoms with Crippen LogP contribution in [0.3, 0.4) is 0 Å². The first-order valence-corrected chi connectivity index (χ1v) is 6.04. The minimum absolute atomic E-state index is 0.0387. The van der Waals surface area contributed by atoms with Crippen LogP contribution in [-0.2, 0) is 9.53 Å². The minimum Gasteiger partial charge on any atom is -0.460 e. The van der Waals surface area contributed by atoms with Crippen molar-refractivity contribution < 1.29 is 14.6 Å². The van der Waals surface area contributed by atoms with E-state index in [2.05, 4.69) is 22.5 Å². The Morgan fingerprint density at radius 1 is 1.47 bits per heavy atom. The smallest absolute Gasteiger partial charge is 0.336 e. The molecule has 92 valence electrons. The normalized spacial score (nSPS) is 12.3. The Hall–Kier alpha value is -1.13. The van der Waals surface area contributed by atoms with Gasteiger partial charge in [0.25, 0.3) is 0 Å². The number of ether oxygens (including phenoxy) is 1. The van der Waals surface area contributed by atoms with Crippen molar-refractivity contribution >= 4 is 21.9 Å². The van der Waals surface area contributed by atoms with Crippen LogP contribution in [0.25, 0.3) is 0 Å². The van der Waals surface area contributed by atoms with E-state index in [0.29, 0.717) is 5.56 Å². The first-order chi connectivity index (χ1) is 7.91. The fourth-order valence-corrected chi connectivity index (χ4v) is 1.70. The summed E-state index contributed by atoms with van der Waals surface area (Å²) in [5.74, 6) is -0.576. The van der Waals surface area contributed by atoms with Crippen LogP contribution in [0.5, 0.6) is 0 Å². The highest BCUT2D eigenvalue weighted by Crippen LogP contribution is 2.24. The monoisotopic (exact) mass is 298 g/mol. The molecule has 1 atom stereocenters. The van der Waals surface area contributed by atoms with E-state index in [0.717, 1.165) is 4.47 Å². The molecule has 0 fully saturated rings. The lowest BCUT2D eigenvalue weighted by molar-refractivity contribution is -0.143. The molecule has 0 radical (unpaired) electrons. The number of carbonyl (C=O) groups excluding carboxylic acids is 1. The summed E-state index contributed by atoms with van der Waals surface area (Å²) in [6.07, 6.45) is -1.27. The van der Waals surface area contributed by atoms with Crippen LogP contribution in [0, 0.1) is 0 Å². The number of hydrogen-bond acceptors (Lipinski definition) is 3. The fraction of sp³-hybridized carbons (Fsp3) is 0.308. The summed E-state index contributed by atoms with van der Waals surface area (Å²) < 4.78 is 5.81. The van der Waals surface area contributed by atoms with E-state index in [9.17, 15) is 9.90 Å². The van der Waals surface area contributed by atoms with Crippen molar-refractivity contribution in [1.29, 1.82) is 0 Å². The van der Waals surface area contributed by atoms with Crippen LogP contribution in [0.1, 0.15) is 25.5 Å². The third-order valence-corrected chi connectivity index (χ3v) is 2.59. The van der Waals surface area contributed by atoms with Crippen LogP contribution in [-0.4, -0.2) is 17.2 Å². The van der Waals surface area contributed by atoms with Crippen molar-refractivity contribution in [2.75, 3.05) is 0 Å². The number of carbonyl (C=O) groups is 1. The van der Waals surface area contributed by atoms with Gasteiger partial charge in [-0.1, -0.05) is 34.6 Å². The summed E-state index contributed by atoms with van der Waals surface area (Å²) in [6, 6.07) is 7.08. The largest absolute Gasteiger partial charge is 0.460 e. The predicted octanol–water partition coefficient (Wildman–Crippen LogP) is 2.99. The van der Waals surface area contributed by atoms with Gasteiger partial charge < -0.3 is 9.84 Å². The standard InChI is InChI=1S/C13H15BrO3/c1-8(2)17-13(16)9(3)12(15)10-5-4-6-11(14)7-10/h4-8,12,15H,3H2,1-2H3. The molecule has 1 aromatic carbocycles. The topological polar surface area (TPSA) is 46.5 Å². The number of halogens is 1. The molecule has 1 unspecified atom stereocenters. The van der Waals surface area contributed by atoms with Crippen molar-refractivity contribution in [3.8, 4) is 0 Å². The fourth-order valence-electron chi connectivity index (χ4n) is 1.28. The summed E-state index contributed by atoms with van der Waals surface area (Å²) in [5, 5.41) is 9.98. The third-order valence-electron chi connectivity index (χ3n) is 2.10. The van der Waals surface area contributed by atoms with Gasteiger partial charge in [-0.3, -0.25) is 0 Å². The third kappa shape index (κ3) is 3.98. The van der Waals surface area contributed by atoms with Crippen molar-refractivity contribution in [3.63, 3.8) is 0 Å². The quantitative estimate of drug-likeness (QED) is 0.687. The Morgan fingerprint density at radius 2 is 2.12 bits per heavy atom. The molecular weight excluding hydrogens is 284 g/mol. The maximum Gasteiger partial charge on any atom is 0.336 e. The van der Waals surface area contributed by atoms with Gasteiger partial charge in [0.2, 0.25) is 0 Å². The molecule has 0 aliphatic carbocycles. The molecule has 0 aliphatic heterocycles. The molecule has 0 heterocycles. The second-order valence-electron chi connectivity index (χ2n) is 3.94. The van der Waals surface area contributed by atoms with Gasteiger partial charge in [0.1, 0.15) is 6.10 Å². The second kappa shape index (κ2) is 5.98. The lowest BCUT2D eigenvalue weighted by Gasteiger charge is -2.15. The summed E-state index contributed by atoms with van der Waals surface area (Å²) in [7, 11) is 0. The van der Waals surface area contributed by atoms with Gasteiger partial charge in [-0.05, 0) is 31.5 Å². The maximum absolute atomic E-state index is 11.6. The van der Waals surface area contributed by atoms with Crippen LogP contribution < -0.4 is 0 Å². The first kappa shape index (κ1) is 13.9. The van der Waals surface area contributed by atoms with E-state index in [4.69, 9.17) is 4.74 Å². The van der Waals surface area contributed by atoms with Crippen molar-refractivity contribution in [1.82, 2.24) is 0 Å². The molecule has 0 amide bonds. The Labute approximate surface area is 109 Å². The zero-order valence-corrected chi connectivity index (χ0v) is 11.4. The highest BCUT2D eigenvalue weighted by atomic mass is 79.9. The van der Waals surface area contributed by atoms with Gasteiger partial charge in [0.05, 0.1) is 11.7 Å². The number of rotatable bonds is 4. The molecular formula is C13H15BrO3. The number of aliphatic hydroxyl groups excluding tert-OH is 1. The molecule has 1 aromatic rings. The minimum atomic E-state index is -1.04. The molecule has 1 N–H and O–H groups in total. The van der Waals surface area contributed by atoms with Gasteiger partial charge >= 0.3 is 5.97 Å².